The van der Waals surface area contributed by atoms with Crippen LogP contribution in [-0.4, -0.2) is 62.0 Å². The van der Waals surface area contributed by atoms with Crippen LogP contribution in [0.15, 0.2) is 0 Å². The second kappa shape index (κ2) is 5.18. The fourth-order valence-electron chi connectivity index (χ4n) is 2.06. The van der Waals surface area contributed by atoms with E-state index in [9.17, 15) is 8.78 Å². The van der Waals surface area contributed by atoms with Gasteiger partial charge in [-0.25, -0.2) is 8.78 Å². The molecule has 1 fully saturated rings. The van der Waals surface area contributed by atoms with Crippen LogP contribution >= 0.6 is 0 Å². The molecule has 90 valence electrons. The van der Waals surface area contributed by atoms with E-state index in [4.69, 9.17) is 5.73 Å². The number of halogens is 2. The van der Waals surface area contributed by atoms with Crippen molar-refractivity contribution in [3.05, 3.63) is 0 Å². The van der Waals surface area contributed by atoms with Crippen LogP contribution in [0.25, 0.3) is 0 Å². The van der Waals surface area contributed by atoms with Crippen LogP contribution in [0.1, 0.15) is 12.8 Å². The van der Waals surface area contributed by atoms with Gasteiger partial charge in [-0.3, -0.25) is 4.90 Å². The fourth-order valence-corrected chi connectivity index (χ4v) is 2.06. The first-order valence-corrected chi connectivity index (χ1v) is 5.35. The summed E-state index contributed by atoms with van der Waals surface area (Å²) in [6.07, 6.45) is -0.501. The smallest absolute Gasteiger partial charge is 0.251 e. The second-order valence-corrected chi connectivity index (χ2v) is 4.75. The molecule has 0 amide bonds. The Hall–Kier alpha value is -0.260. The highest BCUT2D eigenvalue weighted by molar-refractivity contribution is 4.91. The molecule has 1 aliphatic rings. The predicted octanol–water partition coefficient (Wildman–Crippen LogP) is 0.606. The van der Waals surface area contributed by atoms with E-state index >= 15 is 0 Å². The highest BCUT2D eigenvalue weighted by Crippen LogP contribution is 2.19. The largest absolute Gasteiger partial charge is 0.324 e. The van der Waals surface area contributed by atoms with Gasteiger partial charge in [-0.2, -0.15) is 0 Å². The van der Waals surface area contributed by atoms with Crippen molar-refractivity contribution in [2.75, 3.05) is 40.3 Å². The van der Waals surface area contributed by atoms with E-state index in [1.165, 1.54) is 0 Å². The Morgan fingerprint density at radius 1 is 1.40 bits per heavy atom. The normalized spacial score (nSPS) is 22.6. The molecule has 5 heteroatoms. The molecule has 15 heavy (non-hydrogen) atoms. The second-order valence-electron chi connectivity index (χ2n) is 4.75. The standard InChI is InChI=1S/C10H21F2N3/c1-14-5-3-10(13,4-6-14)8-15(2)7-9(11)12/h9H,3-8,13H2,1-2H3. The van der Waals surface area contributed by atoms with Crippen molar-refractivity contribution in [1.29, 1.82) is 0 Å². The van der Waals surface area contributed by atoms with Gasteiger partial charge < -0.3 is 10.6 Å². The maximum absolute atomic E-state index is 12.1. The van der Waals surface area contributed by atoms with Crippen molar-refractivity contribution < 1.29 is 8.78 Å². The number of likely N-dealkylation sites (tertiary alicyclic amines) is 1. The molecule has 0 aliphatic carbocycles. The first-order chi connectivity index (χ1) is 6.91. The monoisotopic (exact) mass is 221 g/mol. The Morgan fingerprint density at radius 2 is 1.93 bits per heavy atom. The molecular weight excluding hydrogens is 200 g/mol. The first-order valence-electron chi connectivity index (χ1n) is 5.35. The molecule has 0 aromatic carbocycles. The molecule has 0 atom stereocenters. The summed E-state index contributed by atoms with van der Waals surface area (Å²) < 4.78 is 24.3. The minimum Gasteiger partial charge on any atom is -0.324 e. The average molecular weight is 221 g/mol. The van der Waals surface area contributed by atoms with Crippen LogP contribution in [-0.2, 0) is 0 Å². The van der Waals surface area contributed by atoms with Crippen LogP contribution < -0.4 is 5.73 Å². The third-order valence-corrected chi connectivity index (χ3v) is 3.02. The molecule has 0 aromatic rings. The average Bonchev–Trinajstić information content (AvgIpc) is 2.09. The number of hydrogen-bond acceptors (Lipinski definition) is 3. The summed E-state index contributed by atoms with van der Waals surface area (Å²) in [5.74, 6) is 0. The maximum atomic E-state index is 12.1. The van der Waals surface area contributed by atoms with E-state index in [-0.39, 0.29) is 12.1 Å². The lowest BCUT2D eigenvalue weighted by atomic mass is 9.88. The van der Waals surface area contributed by atoms with Crippen LogP contribution in [0.2, 0.25) is 0 Å². The molecule has 0 unspecified atom stereocenters. The van der Waals surface area contributed by atoms with E-state index < -0.39 is 6.43 Å². The van der Waals surface area contributed by atoms with Gasteiger partial charge >= 0.3 is 0 Å². The van der Waals surface area contributed by atoms with Gasteiger partial charge in [0.05, 0.1) is 6.54 Å². The van der Waals surface area contributed by atoms with Crippen molar-refractivity contribution in [3.63, 3.8) is 0 Å². The third kappa shape index (κ3) is 4.40. The Kier molecular flexibility index (Phi) is 4.43. The zero-order valence-electron chi connectivity index (χ0n) is 9.55. The van der Waals surface area contributed by atoms with Crippen LogP contribution in [0, 0.1) is 0 Å². The fraction of sp³-hybridized carbons (Fsp3) is 1.00. The van der Waals surface area contributed by atoms with E-state index in [0.717, 1.165) is 25.9 Å². The maximum Gasteiger partial charge on any atom is 0.251 e. The molecule has 0 aromatic heterocycles. The van der Waals surface area contributed by atoms with E-state index in [0.29, 0.717) is 6.54 Å². The molecule has 1 aliphatic heterocycles. The zero-order chi connectivity index (χ0) is 11.5. The summed E-state index contributed by atoms with van der Waals surface area (Å²) in [6, 6.07) is 0. The van der Waals surface area contributed by atoms with Gasteiger partial charge in [0.2, 0.25) is 0 Å². The predicted molar refractivity (Wildman–Crippen MR) is 57.2 cm³/mol. The van der Waals surface area contributed by atoms with Gasteiger partial charge in [-0.15, -0.1) is 0 Å². The van der Waals surface area contributed by atoms with Crippen molar-refractivity contribution in [3.8, 4) is 0 Å². The molecule has 0 saturated carbocycles. The summed E-state index contributed by atoms with van der Waals surface area (Å²) in [5, 5.41) is 0. The van der Waals surface area contributed by atoms with Crippen LogP contribution in [0.3, 0.4) is 0 Å². The molecule has 1 saturated heterocycles. The Balaban J connectivity index is 2.35. The zero-order valence-corrected chi connectivity index (χ0v) is 9.55. The lowest BCUT2D eigenvalue weighted by molar-refractivity contribution is 0.0773. The Labute approximate surface area is 90.2 Å². The molecule has 3 nitrogen and oxygen atoms in total. The Bertz CT molecular complexity index is 191. The summed E-state index contributed by atoms with van der Waals surface area (Å²) in [5.41, 5.74) is 5.90. The van der Waals surface area contributed by atoms with E-state index in [1.54, 1.807) is 11.9 Å². The number of alkyl halides is 2. The van der Waals surface area contributed by atoms with Gasteiger partial charge in [0.1, 0.15) is 0 Å². The van der Waals surface area contributed by atoms with Crippen molar-refractivity contribution in [1.82, 2.24) is 9.80 Å². The summed E-state index contributed by atoms with van der Waals surface area (Å²) >= 11 is 0. The van der Waals surface area contributed by atoms with Gasteiger partial charge in [0.15, 0.2) is 0 Å². The summed E-state index contributed by atoms with van der Waals surface area (Å²) in [7, 11) is 3.77. The highest BCUT2D eigenvalue weighted by Gasteiger charge is 2.30. The number of hydrogen-bond donors (Lipinski definition) is 1. The highest BCUT2D eigenvalue weighted by atomic mass is 19.3. The molecule has 0 bridgehead atoms. The molecular formula is C10H21F2N3. The van der Waals surface area contributed by atoms with Crippen molar-refractivity contribution in [2.45, 2.75) is 24.8 Å². The van der Waals surface area contributed by atoms with Gasteiger partial charge in [-0.1, -0.05) is 0 Å². The van der Waals surface area contributed by atoms with E-state index in [1.807, 2.05) is 0 Å². The lowest BCUT2D eigenvalue weighted by Gasteiger charge is -2.40. The molecule has 0 spiro atoms. The molecule has 1 heterocycles. The lowest BCUT2D eigenvalue weighted by Crippen LogP contribution is -2.55. The van der Waals surface area contributed by atoms with E-state index in [2.05, 4.69) is 11.9 Å². The number of nitrogens with two attached hydrogens (primary N) is 1. The SMILES string of the molecule is CN1CCC(N)(CN(C)CC(F)F)CC1. The topological polar surface area (TPSA) is 32.5 Å². The minimum atomic E-state index is -2.27. The quantitative estimate of drug-likeness (QED) is 0.755. The van der Waals surface area contributed by atoms with Crippen LogP contribution in [0.5, 0.6) is 0 Å². The summed E-state index contributed by atoms with van der Waals surface area (Å²) in [4.78, 5) is 3.86. The van der Waals surface area contributed by atoms with Gasteiger partial charge in [0, 0.05) is 12.1 Å². The van der Waals surface area contributed by atoms with Crippen molar-refractivity contribution in [2.24, 2.45) is 5.73 Å². The first kappa shape index (κ1) is 12.8. The number of rotatable bonds is 4. The number of nitrogens with zero attached hydrogens (tertiary/aromatic N) is 2. The Morgan fingerprint density at radius 3 is 2.40 bits per heavy atom. The minimum absolute atomic E-state index is 0.186. The molecule has 1 rings (SSSR count). The number of piperidine rings is 1. The summed E-state index contributed by atoms with van der Waals surface area (Å²) in [6.45, 7) is 2.29. The third-order valence-electron chi connectivity index (χ3n) is 3.02. The molecule has 0 radical (unpaired) electrons. The molecule has 2 N–H and O–H groups in total. The van der Waals surface area contributed by atoms with Gasteiger partial charge in [-0.05, 0) is 40.0 Å². The van der Waals surface area contributed by atoms with Gasteiger partial charge in [0.25, 0.3) is 6.43 Å². The van der Waals surface area contributed by atoms with Crippen molar-refractivity contribution >= 4 is 0 Å². The number of likely N-dealkylation sites (N-methyl/N-ethyl adjacent to an activating group) is 1. The van der Waals surface area contributed by atoms with Crippen LogP contribution in [0.4, 0.5) is 8.78 Å².